The minimum atomic E-state index is -0.0318. The van der Waals surface area contributed by atoms with E-state index in [0.717, 1.165) is 29.1 Å². The number of phenolic OH excluding ortho intramolecular Hbond substituents is 1. The second-order valence-electron chi connectivity index (χ2n) is 9.59. The number of aromatic nitrogens is 3. The predicted molar refractivity (Wildman–Crippen MR) is 125 cm³/mol. The minimum absolute atomic E-state index is 0.0318. The first-order chi connectivity index (χ1) is 14.5. The van der Waals surface area contributed by atoms with Crippen LogP contribution >= 0.6 is 11.3 Å². The number of piperidine rings is 1. The molecule has 0 saturated carbocycles. The van der Waals surface area contributed by atoms with E-state index in [-0.39, 0.29) is 22.7 Å². The van der Waals surface area contributed by atoms with Gasteiger partial charge < -0.3 is 20.4 Å². The van der Waals surface area contributed by atoms with Crippen molar-refractivity contribution < 1.29 is 10.2 Å². The monoisotopic (exact) mass is 439 g/mol. The summed E-state index contributed by atoms with van der Waals surface area (Å²) in [6.45, 7) is 8.96. The Hall–Kier alpha value is -2.71. The largest absolute Gasteiger partial charge is 0.507 e. The van der Waals surface area contributed by atoms with Gasteiger partial charge in [-0.2, -0.15) is 0 Å². The summed E-state index contributed by atoms with van der Waals surface area (Å²) in [7, 11) is 2.08. The minimum Gasteiger partial charge on any atom is -0.507 e. The number of phenols is 1. The summed E-state index contributed by atoms with van der Waals surface area (Å²) in [5, 5.41) is 34.0. The lowest BCUT2D eigenvalue weighted by molar-refractivity contribution is 0.161. The van der Waals surface area contributed by atoms with Gasteiger partial charge >= 0.3 is 0 Å². The first-order valence-corrected chi connectivity index (χ1v) is 11.2. The normalized spacial score (nSPS) is 18.1. The van der Waals surface area contributed by atoms with Crippen LogP contribution in [0.5, 0.6) is 11.6 Å². The van der Waals surface area contributed by atoms with Crippen molar-refractivity contribution in [1.29, 1.82) is 0 Å². The molecule has 0 spiro atoms. The van der Waals surface area contributed by atoms with E-state index in [4.69, 9.17) is 0 Å². The summed E-state index contributed by atoms with van der Waals surface area (Å²) in [6.07, 6.45) is 3.61. The number of rotatable bonds is 4. The summed E-state index contributed by atoms with van der Waals surface area (Å²) in [5.74, 6) is 0.107. The average Bonchev–Trinajstić information content (AvgIpc) is 3.15. The first kappa shape index (κ1) is 21.5. The first-order valence-electron chi connectivity index (χ1n) is 10.4. The molecule has 4 rings (SSSR count). The molecule has 0 unspecified atom stereocenters. The molecule has 1 aliphatic rings. The highest BCUT2D eigenvalue weighted by molar-refractivity contribution is 7.18. The van der Waals surface area contributed by atoms with Crippen molar-refractivity contribution in [3.8, 4) is 33.3 Å². The number of anilines is 1. The van der Waals surface area contributed by atoms with Gasteiger partial charge in [0.05, 0.1) is 5.56 Å². The van der Waals surface area contributed by atoms with Gasteiger partial charge in [-0.25, -0.2) is 4.98 Å². The van der Waals surface area contributed by atoms with Crippen molar-refractivity contribution in [3.05, 3.63) is 36.5 Å². The molecular formula is C23H29N5O2S. The van der Waals surface area contributed by atoms with Gasteiger partial charge in [-0.05, 0) is 64.3 Å². The molecule has 0 atom stereocenters. The van der Waals surface area contributed by atoms with Crippen LogP contribution in [-0.2, 0) is 0 Å². The van der Waals surface area contributed by atoms with Crippen molar-refractivity contribution in [2.45, 2.75) is 57.7 Å². The molecule has 3 heterocycles. The quantitative estimate of drug-likeness (QED) is 0.554. The van der Waals surface area contributed by atoms with Crippen molar-refractivity contribution in [1.82, 2.24) is 20.5 Å². The zero-order valence-electron chi connectivity index (χ0n) is 18.5. The van der Waals surface area contributed by atoms with Gasteiger partial charge in [0, 0.05) is 42.0 Å². The molecule has 1 saturated heterocycles. The highest BCUT2D eigenvalue weighted by Gasteiger charge is 2.39. The number of nitrogens with one attached hydrogen (secondary N) is 1. The fraction of sp³-hybridized carbons (Fsp3) is 0.435. The Morgan fingerprint density at radius 1 is 1.00 bits per heavy atom. The summed E-state index contributed by atoms with van der Waals surface area (Å²) in [5.41, 5.74) is 2.37. The molecule has 0 aliphatic carbocycles. The van der Waals surface area contributed by atoms with Crippen LogP contribution in [0.3, 0.4) is 0 Å². The lowest BCUT2D eigenvalue weighted by atomic mass is 9.79. The van der Waals surface area contributed by atoms with Crippen LogP contribution in [0.2, 0.25) is 0 Å². The van der Waals surface area contributed by atoms with Gasteiger partial charge in [-0.3, -0.25) is 0 Å². The lowest BCUT2D eigenvalue weighted by Gasteiger charge is -2.48. The topological polar surface area (TPSA) is 94.4 Å². The number of nitrogens with zero attached hydrogens (tertiary/aromatic N) is 4. The van der Waals surface area contributed by atoms with Crippen LogP contribution in [-0.4, -0.2) is 49.6 Å². The lowest BCUT2D eigenvalue weighted by Crippen LogP contribution is -2.61. The molecule has 0 radical (unpaired) electrons. The maximum Gasteiger partial charge on any atom is 0.210 e. The molecule has 3 aromatic rings. The SMILES string of the molecule is CN(c1nnc(-c2ccc(-c3ccc(O)nc3)cc2O)s1)C1CC(C)(C)NC(C)(C)C1. The van der Waals surface area contributed by atoms with Crippen LogP contribution in [0, 0.1) is 0 Å². The molecule has 1 fully saturated rings. The van der Waals surface area contributed by atoms with E-state index < -0.39 is 0 Å². The zero-order valence-corrected chi connectivity index (χ0v) is 19.4. The zero-order chi connectivity index (χ0) is 22.4. The van der Waals surface area contributed by atoms with E-state index in [0.29, 0.717) is 16.6 Å². The third kappa shape index (κ3) is 4.65. The Kier molecular flexibility index (Phi) is 5.39. The molecule has 1 aliphatic heterocycles. The average molecular weight is 440 g/mol. The van der Waals surface area contributed by atoms with Crippen LogP contribution < -0.4 is 10.2 Å². The Morgan fingerprint density at radius 2 is 1.68 bits per heavy atom. The van der Waals surface area contributed by atoms with E-state index in [1.54, 1.807) is 18.3 Å². The molecule has 164 valence electrons. The third-order valence-electron chi connectivity index (χ3n) is 5.74. The highest BCUT2D eigenvalue weighted by atomic mass is 32.1. The summed E-state index contributed by atoms with van der Waals surface area (Å²) >= 11 is 1.48. The fourth-order valence-corrected chi connectivity index (χ4v) is 5.53. The number of aromatic hydroxyl groups is 2. The Balaban J connectivity index is 1.56. The fourth-order valence-electron chi connectivity index (χ4n) is 4.61. The highest BCUT2D eigenvalue weighted by Crippen LogP contribution is 2.39. The third-order valence-corrected chi connectivity index (χ3v) is 6.79. The Bertz CT molecular complexity index is 1060. The number of benzene rings is 1. The van der Waals surface area contributed by atoms with Gasteiger partial charge in [0.2, 0.25) is 11.0 Å². The van der Waals surface area contributed by atoms with Crippen LogP contribution in [0.25, 0.3) is 21.7 Å². The number of pyridine rings is 1. The second kappa shape index (κ2) is 7.76. The van der Waals surface area contributed by atoms with Crippen molar-refractivity contribution in [2.75, 3.05) is 11.9 Å². The van der Waals surface area contributed by atoms with Gasteiger partial charge in [-0.15, -0.1) is 10.2 Å². The summed E-state index contributed by atoms with van der Waals surface area (Å²) in [4.78, 5) is 6.12. The van der Waals surface area contributed by atoms with E-state index in [1.165, 1.54) is 17.4 Å². The van der Waals surface area contributed by atoms with E-state index in [9.17, 15) is 10.2 Å². The van der Waals surface area contributed by atoms with Crippen LogP contribution in [0.1, 0.15) is 40.5 Å². The predicted octanol–water partition coefficient (Wildman–Crippen LogP) is 4.42. The molecule has 2 aromatic heterocycles. The van der Waals surface area contributed by atoms with Gasteiger partial charge in [-0.1, -0.05) is 17.4 Å². The molecule has 3 N–H and O–H groups in total. The van der Waals surface area contributed by atoms with Crippen LogP contribution in [0.4, 0.5) is 5.13 Å². The summed E-state index contributed by atoms with van der Waals surface area (Å²) < 4.78 is 0. The number of hydrogen-bond donors (Lipinski definition) is 3. The standard InChI is InChI=1S/C23H29N5O2S/c1-22(2)11-16(12-23(3,4)27-22)28(5)21-26-25-20(31-21)17-8-6-14(10-18(17)29)15-7-9-19(30)24-13-15/h6-10,13,16,27,29H,11-12H2,1-5H3,(H,24,30). The maximum atomic E-state index is 10.6. The molecule has 8 heteroatoms. The number of hydrogen-bond acceptors (Lipinski definition) is 8. The molecule has 0 amide bonds. The molecule has 1 aromatic carbocycles. The van der Waals surface area contributed by atoms with E-state index in [1.807, 2.05) is 12.1 Å². The van der Waals surface area contributed by atoms with Crippen LogP contribution in [0.15, 0.2) is 36.5 Å². The molecule has 0 bridgehead atoms. The Labute approximate surface area is 186 Å². The molecule has 7 nitrogen and oxygen atoms in total. The van der Waals surface area contributed by atoms with Crippen molar-refractivity contribution in [2.24, 2.45) is 0 Å². The van der Waals surface area contributed by atoms with Gasteiger partial charge in [0.15, 0.2) is 5.01 Å². The molecule has 31 heavy (non-hydrogen) atoms. The Morgan fingerprint density at radius 3 is 2.29 bits per heavy atom. The van der Waals surface area contributed by atoms with Gasteiger partial charge in [0.1, 0.15) is 5.75 Å². The van der Waals surface area contributed by atoms with E-state index >= 15 is 0 Å². The van der Waals surface area contributed by atoms with Gasteiger partial charge in [0.25, 0.3) is 0 Å². The smallest absolute Gasteiger partial charge is 0.210 e. The summed E-state index contributed by atoms with van der Waals surface area (Å²) in [6, 6.07) is 9.08. The van der Waals surface area contributed by atoms with Crippen molar-refractivity contribution >= 4 is 16.5 Å². The maximum absolute atomic E-state index is 10.6. The van der Waals surface area contributed by atoms with E-state index in [2.05, 4.69) is 60.1 Å². The van der Waals surface area contributed by atoms with Crippen molar-refractivity contribution in [3.63, 3.8) is 0 Å². The molecular weight excluding hydrogens is 410 g/mol. The second-order valence-corrected chi connectivity index (χ2v) is 10.5.